The van der Waals surface area contributed by atoms with Crippen LogP contribution in [0, 0.1) is 0 Å². The molecule has 2 heterocycles. The van der Waals surface area contributed by atoms with E-state index in [0.29, 0.717) is 0 Å². The number of alkyl halides is 3. The maximum absolute atomic E-state index is 12.3. The molecule has 0 aliphatic carbocycles. The number of nitrogens with one attached hydrogen (secondary N) is 1. The molecule has 2 rings (SSSR count). The summed E-state index contributed by atoms with van der Waals surface area (Å²) in [6, 6.07) is -1.79. The molecule has 0 aromatic carbocycles. The molecule has 0 spiro atoms. The normalized spacial score (nSPS) is 41.9. The Morgan fingerprint density at radius 2 is 2.00 bits per heavy atom. The summed E-state index contributed by atoms with van der Waals surface area (Å²) < 4.78 is 70.3. The first kappa shape index (κ1) is 15.9. The van der Waals surface area contributed by atoms with E-state index in [1.807, 2.05) is 0 Å². The minimum atomic E-state index is -5.72. The van der Waals surface area contributed by atoms with E-state index < -0.39 is 45.7 Å². The van der Waals surface area contributed by atoms with Gasteiger partial charge in [-0.25, -0.2) is 8.42 Å². The van der Waals surface area contributed by atoms with Gasteiger partial charge >= 0.3 is 15.5 Å². The van der Waals surface area contributed by atoms with Crippen molar-refractivity contribution < 1.29 is 41.3 Å². The average Bonchev–Trinajstić information content (AvgIpc) is 2.74. The van der Waals surface area contributed by atoms with Crippen molar-refractivity contribution in [2.45, 2.75) is 35.6 Å². The van der Waals surface area contributed by atoms with Crippen LogP contribution in [-0.2, 0) is 19.5 Å². The molecule has 118 valence electrons. The number of rotatable bonds is 3. The fourth-order valence-corrected chi connectivity index (χ4v) is 2.86. The summed E-state index contributed by atoms with van der Waals surface area (Å²) in [5.41, 5.74) is -1.64. The number of fused-ring (bicyclic) bond motifs is 2. The van der Waals surface area contributed by atoms with Crippen molar-refractivity contribution in [2.24, 2.45) is 5.73 Å². The third-order valence-electron chi connectivity index (χ3n) is 3.31. The molecule has 2 bridgehead atoms. The molecule has 0 radical (unpaired) electrons. The number of ether oxygens (including phenoxy) is 2. The molecule has 2 aliphatic rings. The molecule has 0 aromatic rings. The van der Waals surface area contributed by atoms with Gasteiger partial charge in [-0.15, -0.1) is 0 Å². The molecule has 0 saturated carbocycles. The van der Waals surface area contributed by atoms with Crippen LogP contribution in [0.1, 0.15) is 0 Å². The molecule has 20 heavy (non-hydrogen) atoms. The van der Waals surface area contributed by atoms with E-state index in [1.165, 1.54) is 4.72 Å². The molecule has 2 aliphatic heterocycles. The Kier molecular flexibility index (Phi) is 3.78. The summed E-state index contributed by atoms with van der Waals surface area (Å²) in [5, 5.41) is 19.6. The lowest BCUT2D eigenvalue weighted by atomic mass is 9.88. The number of aliphatic hydroxyl groups is 2. The Bertz CT molecular complexity index is 485. The molecule has 0 amide bonds. The quantitative estimate of drug-likeness (QED) is 0.455. The van der Waals surface area contributed by atoms with Crippen molar-refractivity contribution in [3.05, 3.63) is 0 Å². The zero-order valence-electron chi connectivity index (χ0n) is 9.87. The van der Waals surface area contributed by atoms with Gasteiger partial charge in [-0.1, -0.05) is 0 Å². The van der Waals surface area contributed by atoms with Crippen molar-refractivity contribution in [1.82, 2.24) is 4.72 Å². The zero-order chi connectivity index (χ0) is 15.3. The van der Waals surface area contributed by atoms with Crippen molar-refractivity contribution in [3.8, 4) is 0 Å². The average molecular weight is 322 g/mol. The number of nitrogens with two attached hydrogens (primary N) is 1. The minimum Gasteiger partial charge on any atom is -0.388 e. The van der Waals surface area contributed by atoms with Crippen molar-refractivity contribution in [3.63, 3.8) is 0 Å². The highest BCUT2D eigenvalue weighted by Crippen LogP contribution is 2.37. The maximum atomic E-state index is 12.3. The fraction of sp³-hybridized carbons (Fsp3) is 1.00. The van der Waals surface area contributed by atoms with Crippen LogP contribution in [0.4, 0.5) is 13.2 Å². The van der Waals surface area contributed by atoms with Crippen LogP contribution in [0.2, 0.25) is 0 Å². The third kappa shape index (κ3) is 2.30. The van der Waals surface area contributed by atoms with Gasteiger partial charge in [0, 0.05) is 6.54 Å². The smallest absolute Gasteiger partial charge is 0.388 e. The topological polar surface area (TPSA) is 131 Å². The van der Waals surface area contributed by atoms with E-state index in [2.05, 4.69) is 0 Å². The lowest BCUT2D eigenvalue weighted by Gasteiger charge is -2.42. The summed E-state index contributed by atoms with van der Waals surface area (Å²) in [7, 11) is -5.72. The number of aliphatic hydroxyl groups excluding tert-OH is 2. The molecule has 5 atom stereocenters. The number of halogens is 3. The van der Waals surface area contributed by atoms with Crippen LogP contribution in [0.3, 0.4) is 0 Å². The molecule has 12 heteroatoms. The van der Waals surface area contributed by atoms with Crippen LogP contribution in [0.15, 0.2) is 0 Å². The van der Waals surface area contributed by atoms with Gasteiger partial charge < -0.3 is 25.4 Å². The highest BCUT2D eigenvalue weighted by molar-refractivity contribution is 7.90. The fourth-order valence-electron chi connectivity index (χ4n) is 2.12. The summed E-state index contributed by atoms with van der Waals surface area (Å²) in [6.45, 7) is -0.517. The van der Waals surface area contributed by atoms with Crippen LogP contribution >= 0.6 is 0 Å². The van der Waals surface area contributed by atoms with E-state index >= 15 is 0 Å². The standard InChI is InChI=1S/C8H13F3N2O6S/c9-8(10,11)20(16,17)13-3-4(14)5(15)7(1-12)2-18-6(3)19-7/h3-6,13-15H,1-2,12H2/t3-,4-,5-,6?,7+/m1/s1. The highest BCUT2D eigenvalue weighted by atomic mass is 32.2. The Labute approximate surface area is 111 Å². The molecular formula is C8H13F3N2O6S. The van der Waals surface area contributed by atoms with Gasteiger partial charge in [0.15, 0.2) is 6.29 Å². The van der Waals surface area contributed by atoms with E-state index in [0.717, 1.165) is 0 Å². The molecule has 2 saturated heterocycles. The van der Waals surface area contributed by atoms with Crippen molar-refractivity contribution >= 4 is 10.0 Å². The summed E-state index contributed by atoms with van der Waals surface area (Å²) in [5.74, 6) is 0. The second kappa shape index (κ2) is 4.76. The molecule has 8 nitrogen and oxygen atoms in total. The van der Waals surface area contributed by atoms with E-state index in [1.54, 1.807) is 0 Å². The second-order valence-electron chi connectivity index (χ2n) is 4.59. The first-order chi connectivity index (χ1) is 9.04. The molecule has 5 N–H and O–H groups in total. The van der Waals surface area contributed by atoms with E-state index in [-0.39, 0.29) is 13.2 Å². The second-order valence-corrected chi connectivity index (χ2v) is 6.30. The first-order valence-electron chi connectivity index (χ1n) is 5.48. The van der Waals surface area contributed by atoms with Crippen LogP contribution in [0.25, 0.3) is 0 Å². The number of hydrogen-bond donors (Lipinski definition) is 4. The lowest BCUT2D eigenvalue weighted by Crippen LogP contribution is -2.67. The predicted octanol–water partition coefficient (Wildman–Crippen LogP) is -2.40. The van der Waals surface area contributed by atoms with Crippen LogP contribution in [-0.4, -0.2) is 67.4 Å². The van der Waals surface area contributed by atoms with E-state index in [4.69, 9.17) is 15.2 Å². The van der Waals surface area contributed by atoms with Crippen LogP contribution in [0.5, 0.6) is 0 Å². The Morgan fingerprint density at radius 3 is 2.50 bits per heavy atom. The molecular weight excluding hydrogens is 309 g/mol. The lowest BCUT2D eigenvalue weighted by molar-refractivity contribution is -0.218. The van der Waals surface area contributed by atoms with Gasteiger partial charge in [0.05, 0.1) is 6.61 Å². The predicted molar refractivity (Wildman–Crippen MR) is 56.5 cm³/mol. The summed E-state index contributed by atoms with van der Waals surface area (Å²) in [4.78, 5) is 0. The number of sulfonamides is 1. The maximum Gasteiger partial charge on any atom is 0.511 e. The monoisotopic (exact) mass is 322 g/mol. The Morgan fingerprint density at radius 1 is 1.40 bits per heavy atom. The Balaban J connectivity index is 2.23. The SMILES string of the molecule is NC[C@@]12COC(O1)[C@H](NS(=O)(=O)C(F)(F)F)[C@@H](O)[C@H]2O. The van der Waals surface area contributed by atoms with Gasteiger partial charge in [0.1, 0.15) is 23.9 Å². The minimum absolute atomic E-state index is 0.250. The van der Waals surface area contributed by atoms with Crippen LogP contribution < -0.4 is 10.5 Å². The first-order valence-corrected chi connectivity index (χ1v) is 6.96. The van der Waals surface area contributed by atoms with E-state index in [9.17, 15) is 31.8 Å². The molecule has 1 unspecified atom stereocenters. The van der Waals surface area contributed by atoms with Gasteiger partial charge in [0.2, 0.25) is 0 Å². The van der Waals surface area contributed by atoms with Gasteiger partial charge in [0.25, 0.3) is 0 Å². The van der Waals surface area contributed by atoms with Gasteiger partial charge in [-0.05, 0) is 0 Å². The highest BCUT2D eigenvalue weighted by Gasteiger charge is 2.60. The van der Waals surface area contributed by atoms with Crippen molar-refractivity contribution in [2.75, 3.05) is 13.2 Å². The Hall–Kier alpha value is -0.500. The molecule has 2 fully saturated rings. The molecule has 0 aromatic heterocycles. The number of hydrogen-bond acceptors (Lipinski definition) is 7. The summed E-state index contributed by atoms with van der Waals surface area (Å²) >= 11 is 0. The van der Waals surface area contributed by atoms with Gasteiger partial charge in [-0.3, -0.25) is 0 Å². The zero-order valence-corrected chi connectivity index (χ0v) is 10.7. The van der Waals surface area contributed by atoms with Crippen molar-refractivity contribution in [1.29, 1.82) is 0 Å². The summed E-state index contributed by atoms with van der Waals surface area (Å²) in [6.07, 6.45) is -5.00. The third-order valence-corrected chi connectivity index (χ3v) is 4.50. The largest absolute Gasteiger partial charge is 0.511 e. The van der Waals surface area contributed by atoms with Gasteiger partial charge in [-0.2, -0.15) is 17.9 Å².